The van der Waals surface area contributed by atoms with Crippen molar-refractivity contribution in [2.45, 2.75) is 38.0 Å². The van der Waals surface area contributed by atoms with Crippen molar-refractivity contribution in [2.75, 3.05) is 33.2 Å². The number of rotatable bonds is 6. The van der Waals surface area contributed by atoms with Gasteiger partial charge >= 0.3 is 0 Å². The van der Waals surface area contributed by atoms with Gasteiger partial charge in [-0.15, -0.1) is 0 Å². The van der Waals surface area contributed by atoms with Crippen molar-refractivity contribution in [3.8, 4) is 0 Å². The summed E-state index contributed by atoms with van der Waals surface area (Å²) in [6, 6.07) is 2.11. The lowest BCUT2D eigenvalue weighted by Gasteiger charge is -2.35. The molecular formula is C16H27N5O3S. The summed E-state index contributed by atoms with van der Waals surface area (Å²) < 4.78 is 31.2. The molecule has 0 amide bonds. The van der Waals surface area contributed by atoms with E-state index in [2.05, 4.69) is 27.3 Å². The third-order valence-electron chi connectivity index (χ3n) is 4.86. The first-order valence-electron chi connectivity index (χ1n) is 8.89. The topological polar surface area (TPSA) is 91.0 Å². The number of nitrogens with zero attached hydrogens (tertiary/aromatic N) is 4. The third kappa shape index (κ3) is 4.52. The molecule has 1 saturated carbocycles. The fourth-order valence-corrected chi connectivity index (χ4v) is 4.77. The van der Waals surface area contributed by atoms with E-state index in [1.54, 1.807) is 13.1 Å². The number of piperazine rings is 1. The van der Waals surface area contributed by atoms with Gasteiger partial charge < -0.3 is 14.7 Å². The second-order valence-corrected chi connectivity index (χ2v) is 8.68. The SMILES string of the molecule is CCCC1CC1NC(=NC)N1CCN(S(=O)(=O)Cc2ccon2)CC1. The third-order valence-corrected chi connectivity index (χ3v) is 6.67. The number of aliphatic imine (C=N–C) groups is 1. The van der Waals surface area contributed by atoms with Gasteiger partial charge in [0.2, 0.25) is 10.0 Å². The van der Waals surface area contributed by atoms with E-state index in [-0.39, 0.29) is 5.75 Å². The Kier molecular flexibility index (Phi) is 5.63. The number of hydrogen-bond donors (Lipinski definition) is 1. The van der Waals surface area contributed by atoms with Gasteiger partial charge in [0.15, 0.2) is 5.96 Å². The zero-order valence-corrected chi connectivity index (χ0v) is 15.7. The van der Waals surface area contributed by atoms with E-state index >= 15 is 0 Å². The fraction of sp³-hybridized carbons (Fsp3) is 0.750. The molecule has 140 valence electrons. The Morgan fingerprint density at radius 1 is 1.40 bits per heavy atom. The van der Waals surface area contributed by atoms with Gasteiger partial charge in [-0.1, -0.05) is 18.5 Å². The molecule has 1 aliphatic carbocycles. The predicted octanol–water partition coefficient (Wildman–Crippen LogP) is 0.886. The Morgan fingerprint density at radius 2 is 2.16 bits per heavy atom. The van der Waals surface area contributed by atoms with Gasteiger partial charge in [0.05, 0.1) is 5.69 Å². The van der Waals surface area contributed by atoms with Crippen molar-refractivity contribution in [2.24, 2.45) is 10.9 Å². The Morgan fingerprint density at radius 3 is 2.76 bits per heavy atom. The molecule has 8 nitrogen and oxygen atoms in total. The lowest BCUT2D eigenvalue weighted by Crippen LogP contribution is -2.54. The summed E-state index contributed by atoms with van der Waals surface area (Å²) in [5.74, 6) is 1.53. The minimum Gasteiger partial charge on any atom is -0.364 e. The van der Waals surface area contributed by atoms with Crippen LogP contribution in [0.15, 0.2) is 21.8 Å². The van der Waals surface area contributed by atoms with Crippen LogP contribution in [0.25, 0.3) is 0 Å². The van der Waals surface area contributed by atoms with E-state index < -0.39 is 10.0 Å². The summed E-state index contributed by atoms with van der Waals surface area (Å²) in [5, 5.41) is 7.21. The van der Waals surface area contributed by atoms with Gasteiger partial charge in [-0.2, -0.15) is 4.31 Å². The van der Waals surface area contributed by atoms with Crippen LogP contribution in [0, 0.1) is 5.92 Å². The van der Waals surface area contributed by atoms with E-state index in [0.717, 1.165) is 11.9 Å². The first-order chi connectivity index (χ1) is 12.0. The molecule has 0 bridgehead atoms. The lowest BCUT2D eigenvalue weighted by atomic mass is 10.2. The second kappa shape index (κ2) is 7.74. The number of sulfonamides is 1. The molecule has 1 aliphatic heterocycles. The average Bonchev–Trinajstić information content (AvgIpc) is 3.12. The molecule has 1 saturated heterocycles. The van der Waals surface area contributed by atoms with Gasteiger partial charge in [0.1, 0.15) is 12.0 Å². The van der Waals surface area contributed by atoms with Crippen LogP contribution in [0.1, 0.15) is 31.9 Å². The maximum atomic E-state index is 12.5. The van der Waals surface area contributed by atoms with E-state index in [1.165, 1.54) is 29.8 Å². The van der Waals surface area contributed by atoms with Crippen molar-refractivity contribution in [3.63, 3.8) is 0 Å². The van der Waals surface area contributed by atoms with Crippen LogP contribution in [0.4, 0.5) is 0 Å². The van der Waals surface area contributed by atoms with Crippen molar-refractivity contribution in [3.05, 3.63) is 18.0 Å². The van der Waals surface area contributed by atoms with Crippen LogP contribution < -0.4 is 5.32 Å². The van der Waals surface area contributed by atoms with Gasteiger partial charge in [-0.25, -0.2) is 8.42 Å². The highest BCUT2D eigenvalue weighted by atomic mass is 32.2. The van der Waals surface area contributed by atoms with Crippen molar-refractivity contribution < 1.29 is 12.9 Å². The minimum atomic E-state index is -3.37. The maximum Gasteiger partial charge on any atom is 0.220 e. The van der Waals surface area contributed by atoms with E-state index in [4.69, 9.17) is 4.52 Å². The van der Waals surface area contributed by atoms with Crippen molar-refractivity contribution >= 4 is 16.0 Å². The summed E-state index contributed by atoms with van der Waals surface area (Å²) in [7, 11) is -1.58. The number of aromatic nitrogens is 1. The number of hydrogen-bond acceptors (Lipinski definition) is 5. The normalized spacial score (nSPS) is 25.2. The molecule has 3 rings (SSSR count). The summed E-state index contributed by atoms with van der Waals surface area (Å²) in [6.45, 7) is 4.42. The second-order valence-electron chi connectivity index (χ2n) is 6.72. The first-order valence-corrected chi connectivity index (χ1v) is 10.5. The fourth-order valence-electron chi connectivity index (χ4n) is 3.35. The smallest absolute Gasteiger partial charge is 0.220 e. The molecule has 0 spiro atoms. The van der Waals surface area contributed by atoms with Crippen LogP contribution in [0.3, 0.4) is 0 Å². The van der Waals surface area contributed by atoms with Gasteiger partial charge in [-0.3, -0.25) is 4.99 Å². The zero-order chi connectivity index (χ0) is 17.9. The number of guanidine groups is 1. The summed E-state index contributed by atoms with van der Waals surface area (Å²) >= 11 is 0. The molecule has 1 aromatic heterocycles. The highest BCUT2D eigenvalue weighted by molar-refractivity contribution is 7.88. The zero-order valence-electron chi connectivity index (χ0n) is 14.9. The lowest BCUT2D eigenvalue weighted by molar-refractivity contribution is 0.259. The van der Waals surface area contributed by atoms with Crippen molar-refractivity contribution in [1.29, 1.82) is 0 Å². The van der Waals surface area contributed by atoms with Gasteiger partial charge in [0, 0.05) is 45.3 Å². The molecular weight excluding hydrogens is 342 g/mol. The summed E-state index contributed by atoms with van der Waals surface area (Å²) in [5.41, 5.74) is 0.440. The molecule has 9 heteroatoms. The maximum absolute atomic E-state index is 12.5. The monoisotopic (exact) mass is 369 g/mol. The minimum absolute atomic E-state index is 0.114. The van der Waals surface area contributed by atoms with Crippen LogP contribution in [0.2, 0.25) is 0 Å². The van der Waals surface area contributed by atoms with E-state index in [9.17, 15) is 8.42 Å². The van der Waals surface area contributed by atoms with Crippen LogP contribution in [-0.2, 0) is 15.8 Å². The van der Waals surface area contributed by atoms with Crippen LogP contribution in [0.5, 0.6) is 0 Å². The highest BCUT2D eigenvalue weighted by Gasteiger charge is 2.38. The largest absolute Gasteiger partial charge is 0.364 e. The molecule has 0 radical (unpaired) electrons. The summed E-state index contributed by atoms with van der Waals surface area (Å²) in [6.07, 6.45) is 5.06. The molecule has 2 heterocycles. The molecule has 1 N–H and O–H groups in total. The molecule has 2 fully saturated rings. The van der Waals surface area contributed by atoms with E-state index in [1.807, 2.05) is 0 Å². The Hall–Kier alpha value is -1.61. The Labute approximate surface area is 149 Å². The average molecular weight is 369 g/mol. The van der Waals surface area contributed by atoms with Crippen LogP contribution >= 0.6 is 0 Å². The first kappa shape index (κ1) is 18.2. The Bertz CT molecular complexity index is 681. The Balaban J connectivity index is 1.50. The van der Waals surface area contributed by atoms with E-state index in [0.29, 0.717) is 37.9 Å². The molecule has 25 heavy (non-hydrogen) atoms. The standard InChI is InChI=1S/C16H27N5O3S/c1-3-4-13-11-15(13)18-16(17-2)20-6-8-21(9-7-20)25(22,23)12-14-5-10-24-19-14/h5,10,13,15H,3-4,6-9,11-12H2,1-2H3,(H,17,18). The predicted molar refractivity (Wildman–Crippen MR) is 95.6 cm³/mol. The molecule has 1 aromatic rings. The van der Waals surface area contributed by atoms with Gasteiger partial charge in [0.25, 0.3) is 0 Å². The quantitative estimate of drug-likeness (QED) is 0.591. The molecule has 0 aromatic carbocycles. The molecule has 2 aliphatic rings. The van der Waals surface area contributed by atoms with Crippen molar-refractivity contribution in [1.82, 2.24) is 19.7 Å². The van der Waals surface area contributed by atoms with Gasteiger partial charge in [-0.05, 0) is 18.8 Å². The molecule has 2 unspecified atom stereocenters. The summed E-state index contributed by atoms with van der Waals surface area (Å²) in [4.78, 5) is 6.52. The van der Waals surface area contributed by atoms with Crippen LogP contribution in [-0.4, -0.2) is 68.0 Å². The molecule has 2 atom stereocenters. The number of nitrogens with one attached hydrogen (secondary N) is 1. The highest BCUT2D eigenvalue weighted by Crippen LogP contribution is 2.34.